The van der Waals surface area contributed by atoms with Crippen molar-refractivity contribution in [2.24, 2.45) is 0 Å². The van der Waals surface area contributed by atoms with Crippen LogP contribution in [-0.4, -0.2) is 193 Å². The molecule has 0 bridgehead atoms. The van der Waals surface area contributed by atoms with Crippen molar-refractivity contribution in [1.29, 1.82) is 0 Å². The summed E-state index contributed by atoms with van der Waals surface area (Å²) in [6.07, 6.45) is 19.9. The normalized spacial score (nSPS) is 30.4. The zero-order valence-electron chi connectivity index (χ0n) is 48.4. The lowest BCUT2D eigenvalue weighted by Gasteiger charge is -2.48. The summed E-state index contributed by atoms with van der Waals surface area (Å²) in [4.78, 5) is 13.2. The van der Waals surface area contributed by atoms with E-state index in [1.54, 1.807) is 0 Å². The maximum atomic E-state index is 13.2. The largest absolute Gasteiger partial charge is 0.394 e. The number of aliphatic hydroxyl groups is 11. The van der Waals surface area contributed by atoms with Gasteiger partial charge in [0.15, 0.2) is 18.9 Å². The van der Waals surface area contributed by atoms with E-state index in [2.05, 4.69) is 36.5 Å². The molecule has 19 heteroatoms. The predicted molar refractivity (Wildman–Crippen MR) is 300 cm³/mol. The summed E-state index contributed by atoms with van der Waals surface area (Å²) < 4.78 is 34.0. The second kappa shape index (κ2) is 43.8. The van der Waals surface area contributed by atoms with Crippen molar-refractivity contribution in [3.8, 4) is 0 Å². The Morgan fingerprint density at radius 2 is 0.835 bits per heavy atom. The standard InChI is InChI=1S/C60H111NO18/c1-3-5-7-8-9-10-11-12-13-14-15-16-17-18-19-20-21-22-23-24-25-26-27-28-29-30-31-32-33-34-36-38-48(66)61-43(44(65)37-35-6-4-2)42-74-58-54(72)51(69)56(46(40-63)76-58)79-60-55(73)52(70)57(47(41-64)77-60)78-59-53(71)50(68)49(67)45(39-62)75-59/h11-12,14-15,43-47,49-60,62-65,67-73H,3-10,13,16-42H2,1-2H3,(H,61,66)/b12-11-,15-14-. The fourth-order valence-corrected chi connectivity index (χ4v) is 10.6. The van der Waals surface area contributed by atoms with Crippen LogP contribution in [0.2, 0.25) is 0 Å². The fraction of sp³-hybridized carbons (Fsp3) is 0.917. The molecule has 3 heterocycles. The average molecular weight is 1130 g/mol. The van der Waals surface area contributed by atoms with Crippen LogP contribution < -0.4 is 5.32 Å². The van der Waals surface area contributed by atoms with Gasteiger partial charge in [-0.25, -0.2) is 0 Å². The first kappa shape index (κ1) is 71.5. The molecule has 464 valence electrons. The maximum absolute atomic E-state index is 13.2. The van der Waals surface area contributed by atoms with Gasteiger partial charge in [-0.2, -0.15) is 0 Å². The van der Waals surface area contributed by atoms with Crippen LogP contribution in [0.3, 0.4) is 0 Å². The number of hydrogen-bond donors (Lipinski definition) is 12. The summed E-state index contributed by atoms with van der Waals surface area (Å²) in [5.74, 6) is -0.253. The Morgan fingerprint density at radius 3 is 1.29 bits per heavy atom. The molecule has 0 radical (unpaired) electrons. The molecule has 17 atom stereocenters. The smallest absolute Gasteiger partial charge is 0.220 e. The Morgan fingerprint density at radius 1 is 0.456 bits per heavy atom. The van der Waals surface area contributed by atoms with E-state index in [-0.39, 0.29) is 18.9 Å². The summed E-state index contributed by atoms with van der Waals surface area (Å²) in [5.41, 5.74) is 0. The van der Waals surface area contributed by atoms with Gasteiger partial charge in [-0.05, 0) is 44.9 Å². The van der Waals surface area contributed by atoms with Crippen LogP contribution in [0.5, 0.6) is 0 Å². The predicted octanol–water partition coefficient (Wildman–Crippen LogP) is 5.93. The number of allylic oxidation sites excluding steroid dienone is 4. The first-order chi connectivity index (χ1) is 38.3. The number of unbranched alkanes of at least 4 members (excludes halogenated alkanes) is 26. The van der Waals surface area contributed by atoms with Crippen LogP contribution in [0.15, 0.2) is 24.3 Å². The molecule has 3 aliphatic rings. The van der Waals surface area contributed by atoms with Crippen molar-refractivity contribution in [2.75, 3.05) is 26.4 Å². The van der Waals surface area contributed by atoms with Crippen molar-refractivity contribution in [2.45, 2.75) is 324 Å². The molecule has 12 N–H and O–H groups in total. The average Bonchev–Trinajstić information content (AvgIpc) is 3.55. The highest BCUT2D eigenvalue weighted by Crippen LogP contribution is 2.33. The third-order valence-electron chi connectivity index (χ3n) is 15.8. The lowest BCUT2D eigenvalue weighted by Crippen LogP contribution is -2.66. The fourth-order valence-electron chi connectivity index (χ4n) is 10.6. The molecule has 19 nitrogen and oxygen atoms in total. The summed E-state index contributed by atoms with van der Waals surface area (Å²) in [6, 6.07) is -0.880. The molecule has 0 spiro atoms. The molecule has 0 aromatic carbocycles. The lowest BCUT2D eigenvalue weighted by molar-refractivity contribution is -0.379. The highest BCUT2D eigenvalue weighted by molar-refractivity contribution is 5.76. The zero-order valence-corrected chi connectivity index (χ0v) is 48.4. The molecular weight excluding hydrogens is 1020 g/mol. The molecule has 17 unspecified atom stereocenters. The molecule has 0 saturated carbocycles. The third-order valence-corrected chi connectivity index (χ3v) is 15.8. The highest BCUT2D eigenvalue weighted by Gasteiger charge is 2.53. The molecule has 3 rings (SSSR count). The van der Waals surface area contributed by atoms with Crippen molar-refractivity contribution in [1.82, 2.24) is 5.32 Å². The minimum atomic E-state index is -1.97. The Hall–Kier alpha value is -1.73. The molecule has 0 aromatic rings. The SMILES string of the molecule is CCCCCCC/C=C\C/C=C\CCCCCCCCCCCCCCCCCCCCCC(=O)NC(COC1OC(CO)C(OC2OC(CO)C(OC3OC(CO)C(O)C(O)C3O)C(O)C2O)C(O)C1O)C(O)CCCCC. The van der Waals surface area contributed by atoms with E-state index in [9.17, 15) is 61.0 Å². The van der Waals surface area contributed by atoms with Crippen molar-refractivity contribution < 1.29 is 89.4 Å². The Balaban J connectivity index is 1.27. The number of aliphatic hydroxyl groups excluding tert-OH is 11. The summed E-state index contributed by atoms with van der Waals surface area (Å²) >= 11 is 0. The number of carbonyl (C=O) groups is 1. The van der Waals surface area contributed by atoms with E-state index in [1.165, 1.54) is 141 Å². The van der Waals surface area contributed by atoms with Crippen molar-refractivity contribution in [3.63, 3.8) is 0 Å². The summed E-state index contributed by atoms with van der Waals surface area (Å²) in [7, 11) is 0. The van der Waals surface area contributed by atoms with Crippen LogP contribution in [0.4, 0.5) is 0 Å². The van der Waals surface area contributed by atoms with E-state index >= 15 is 0 Å². The van der Waals surface area contributed by atoms with Crippen LogP contribution in [-0.2, 0) is 33.2 Å². The Labute approximate surface area is 473 Å². The maximum Gasteiger partial charge on any atom is 0.220 e. The van der Waals surface area contributed by atoms with Gasteiger partial charge < -0.3 is 89.9 Å². The van der Waals surface area contributed by atoms with E-state index < -0.39 is 124 Å². The third kappa shape index (κ3) is 27.7. The number of carbonyl (C=O) groups excluding carboxylic acids is 1. The molecular formula is C60H111NO18. The number of hydrogen-bond acceptors (Lipinski definition) is 18. The summed E-state index contributed by atoms with van der Waals surface area (Å²) in [5, 5.41) is 119. The van der Waals surface area contributed by atoms with Crippen molar-refractivity contribution >= 4 is 5.91 Å². The van der Waals surface area contributed by atoms with Crippen LogP contribution in [0.1, 0.15) is 219 Å². The first-order valence-electron chi connectivity index (χ1n) is 31.1. The second-order valence-electron chi connectivity index (χ2n) is 22.5. The quantitative estimate of drug-likeness (QED) is 0.0248. The molecule has 1 amide bonds. The number of amides is 1. The highest BCUT2D eigenvalue weighted by atomic mass is 16.8. The zero-order chi connectivity index (χ0) is 57.6. The number of rotatable bonds is 46. The molecule has 3 aliphatic heterocycles. The molecule has 3 saturated heterocycles. The monoisotopic (exact) mass is 1130 g/mol. The minimum Gasteiger partial charge on any atom is -0.394 e. The van der Waals surface area contributed by atoms with Gasteiger partial charge in [-0.1, -0.05) is 192 Å². The Bertz CT molecular complexity index is 1540. The molecule has 0 aliphatic carbocycles. The van der Waals surface area contributed by atoms with Gasteiger partial charge in [-0.15, -0.1) is 0 Å². The lowest BCUT2D eigenvalue weighted by atomic mass is 9.96. The van der Waals surface area contributed by atoms with Crippen molar-refractivity contribution in [3.05, 3.63) is 24.3 Å². The van der Waals surface area contributed by atoms with Crippen LogP contribution in [0, 0.1) is 0 Å². The van der Waals surface area contributed by atoms with E-state index in [0.717, 1.165) is 38.5 Å². The topological polar surface area (TPSA) is 307 Å². The van der Waals surface area contributed by atoms with Gasteiger partial charge in [0.2, 0.25) is 5.91 Å². The van der Waals surface area contributed by atoms with E-state index in [1.807, 2.05) is 6.92 Å². The molecule has 0 aromatic heterocycles. The summed E-state index contributed by atoms with van der Waals surface area (Å²) in [6.45, 7) is 1.59. The van der Waals surface area contributed by atoms with Crippen LogP contribution in [0.25, 0.3) is 0 Å². The first-order valence-corrected chi connectivity index (χ1v) is 31.1. The van der Waals surface area contributed by atoms with Crippen LogP contribution >= 0.6 is 0 Å². The molecule has 3 fully saturated rings. The van der Waals surface area contributed by atoms with Gasteiger partial charge in [-0.3, -0.25) is 4.79 Å². The second-order valence-corrected chi connectivity index (χ2v) is 22.5. The minimum absolute atomic E-state index is 0.253. The van der Waals surface area contributed by atoms with Gasteiger partial charge >= 0.3 is 0 Å². The molecule has 79 heavy (non-hydrogen) atoms. The number of nitrogens with one attached hydrogen (secondary N) is 1. The van der Waals surface area contributed by atoms with Gasteiger partial charge in [0.1, 0.15) is 73.2 Å². The van der Waals surface area contributed by atoms with Gasteiger partial charge in [0, 0.05) is 6.42 Å². The van der Waals surface area contributed by atoms with E-state index in [0.29, 0.717) is 19.3 Å². The number of ether oxygens (including phenoxy) is 6. The van der Waals surface area contributed by atoms with Gasteiger partial charge in [0.25, 0.3) is 0 Å². The van der Waals surface area contributed by atoms with Gasteiger partial charge in [0.05, 0.1) is 38.6 Å². The Kier molecular flexibility index (Phi) is 39.7. The van der Waals surface area contributed by atoms with E-state index in [4.69, 9.17) is 28.4 Å².